The van der Waals surface area contributed by atoms with Gasteiger partial charge in [-0.05, 0) is 36.8 Å². The minimum Gasteiger partial charge on any atom is -0.494 e. The van der Waals surface area contributed by atoms with Crippen LogP contribution < -0.4 is 15.4 Å². The smallest absolute Gasteiger partial charge is 0.251 e. The van der Waals surface area contributed by atoms with E-state index in [9.17, 15) is 14.0 Å². The topological polar surface area (TPSA) is 85.2 Å². The molecule has 2 atom stereocenters. The number of nitrogens with zero attached hydrogens (tertiary/aromatic N) is 2. The van der Waals surface area contributed by atoms with Gasteiger partial charge >= 0.3 is 0 Å². The molecule has 2 heterocycles. The van der Waals surface area contributed by atoms with E-state index in [1.165, 1.54) is 19.2 Å². The lowest BCUT2D eigenvalue weighted by Crippen LogP contribution is -2.50. The maximum absolute atomic E-state index is 14.5. The number of carbonyl (C=O) groups is 2. The summed E-state index contributed by atoms with van der Waals surface area (Å²) < 4.78 is 21.1. The lowest BCUT2D eigenvalue weighted by atomic mass is 9.81. The van der Waals surface area contributed by atoms with Crippen molar-refractivity contribution in [3.63, 3.8) is 0 Å². The summed E-state index contributed by atoms with van der Waals surface area (Å²) >= 11 is 0. The second kappa shape index (κ2) is 7.62. The molecular weight excluding hydrogens is 387 g/mol. The van der Waals surface area contributed by atoms with E-state index in [4.69, 9.17) is 4.74 Å². The number of fused-ring (bicyclic) bond motifs is 1. The number of ether oxygens (including phenoxy) is 1. The van der Waals surface area contributed by atoms with Gasteiger partial charge in [0.2, 0.25) is 5.91 Å². The third kappa shape index (κ3) is 3.30. The Morgan fingerprint density at radius 1 is 1.23 bits per heavy atom. The molecule has 0 saturated heterocycles. The van der Waals surface area contributed by atoms with Gasteiger partial charge in [-0.15, -0.1) is 0 Å². The number of nitrogens with one attached hydrogen (secondary N) is 2. The molecule has 2 N–H and O–H groups in total. The van der Waals surface area contributed by atoms with Gasteiger partial charge in [-0.3, -0.25) is 14.3 Å². The monoisotopic (exact) mass is 408 g/mol. The fourth-order valence-electron chi connectivity index (χ4n) is 3.91. The van der Waals surface area contributed by atoms with Gasteiger partial charge in [0.25, 0.3) is 5.91 Å². The summed E-state index contributed by atoms with van der Waals surface area (Å²) in [5, 5.41) is 10.0. The molecule has 0 radical (unpaired) electrons. The van der Waals surface area contributed by atoms with Crippen LogP contribution in [0.5, 0.6) is 5.75 Å². The Balaban J connectivity index is 1.81. The fourth-order valence-corrected chi connectivity index (χ4v) is 3.91. The van der Waals surface area contributed by atoms with Crippen molar-refractivity contribution in [3.05, 3.63) is 76.7 Å². The Morgan fingerprint density at radius 3 is 2.63 bits per heavy atom. The van der Waals surface area contributed by atoms with Gasteiger partial charge in [-0.1, -0.05) is 24.3 Å². The molecular formula is C22H21FN4O3. The van der Waals surface area contributed by atoms with Gasteiger partial charge < -0.3 is 15.4 Å². The number of hydrogen-bond donors (Lipinski definition) is 2. The van der Waals surface area contributed by atoms with E-state index in [0.29, 0.717) is 22.6 Å². The zero-order valence-corrected chi connectivity index (χ0v) is 16.8. The van der Waals surface area contributed by atoms with Gasteiger partial charge in [0.15, 0.2) is 11.6 Å². The first-order chi connectivity index (χ1) is 14.4. The maximum atomic E-state index is 14.5. The van der Waals surface area contributed by atoms with Crippen molar-refractivity contribution >= 4 is 17.6 Å². The molecule has 30 heavy (non-hydrogen) atoms. The van der Waals surface area contributed by atoms with E-state index in [1.54, 1.807) is 48.1 Å². The number of methoxy groups -OCH3 is 1. The summed E-state index contributed by atoms with van der Waals surface area (Å²) in [4.78, 5) is 25.8. The number of carbonyl (C=O) groups excluding carboxylic acids is 2. The number of aromatic nitrogens is 2. The number of anilines is 1. The van der Waals surface area contributed by atoms with Crippen LogP contribution in [0.2, 0.25) is 0 Å². The number of halogens is 1. The van der Waals surface area contributed by atoms with Gasteiger partial charge in [-0.2, -0.15) is 5.10 Å². The van der Waals surface area contributed by atoms with Gasteiger partial charge in [0.1, 0.15) is 11.9 Å². The lowest BCUT2D eigenvalue weighted by Gasteiger charge is -2.32. The molecule has 0 saturated carbocycles. The predicted octanol–water partition coefficient (Wildman–Crippen LogP) is 2.76. The van der Waals surface area contributed by atoms with E-state index in [1.807, 2.05) is 6.92 Å². The van der Waals surface area contributed by atoms with Crippen LogP contribution in [-0.2, 0) is 11.8 Å². The standard InChI is InChI=1S/C22H21FN4O3/c1-12-17-18(14-9-10-16(30-3)15(23)11-14)19(22(29)25-20(17)27(2)26-12)24-21(28)13-7-5-4-6-8-13/h4-11,18-19H,1-3H3,(H,24,28)(H,25,29)/t18-,19-/m0/s1. The normalized spacial score (nSPS) is 17.8. The first kappa shape index (κ1) is 19.6. The molecule has 1 aromatic heterocycles. The van der Waals surface area contributed by atoms with Crippen molar-refractivity contribution in [3.8, 4) is 5.75 Å². The first-order valence-electron chi connectivity index (χ1n) is 9.44. The molecule has 0 fully saturated rings. The van der Waals surface area contributed by atoms with Crippen LogP contribution in [0.25, 0.3) is 0 Å². The Hall–Kier alpha value is -3.68. The highest BCUT2D eigenvalue weighted by Crippen LogP contribution is 2.40. The van der Waals surface area contributed by atoms with E-state index in [-0.39, 0.29) is 11.7 Å². The lowest BCUT2D eigenvalue weighted by molar-refractivity contribution is -0.118. The highest BCUT2D eigenvalue weighted by molar-refractivity contribution is 6.03. The summed E-state index contributed by atoms with van der Waals surface area (Å²) in [6.45, 7) is 1.82. The quantitative estimate of drug-likeness (QED) is 0.695. The number of rotatable bonds is 4. The van der Waals surface area contributed by atoms with Crippen molar-refractivity contribution in [2.24, 2.45) is 7.05 Å². The maximum Gasteiger partial charge on any atom is 0.251 e. The van der Waals surface area contributed by atoms with E-state index in [2.05, 4.69) is 15.7 Å². The number of benzene rings is 2. The molecule has 0 bridgehead atoms. The van der Waals surface area contributed by atoms with E-state index < -0.39 is 23.7 Å². The fraction of sp³-hybridized carbons (Fsp3) is 0.227. The van der Waals surface area contributed by atoms with Crippen molar-refractivity contribution < 1.29 is 18.7 Å². The van der Waals surface area contributed by atoms with Crippen LogP contribution >= 0.6 is 0 Å². The van der Waals surface area contributed by atoms with Gasteiger partial charge in [0.05, 0.1) is 12.8 Å². The molecule has 1 aliphatic heterocycles. The summed E-state index contributed by atoms with van der Waals surface area (Å²) in [6.07, 6.45) is 0. The molecule has 2 aromatic carbocycles. The molecule has 1 aliphatic rings. The molecule has 0 unspecified atom stereocenters. The SMILES string of the molecule is COc1ccc([C@H]2c3c(C)nn(C)c3NC(=O)[C@H]2NC(=O)c2ccccc2)cc1F. The first-order valence-corrected chi connectivity index (χ1v) is 9.44. The molecule has 3 aromatic rings. The molecule has 154 valence electrons. The van der Waals surface area contributed by atoms with Gasteiger partial charge in [-0.25, -0.2) is 4.39 Å². The molecule has 2 amide bonds. The van der Waals surface area contributed by atoms with E-state index in [0.717, 1.165) is 5.56 Å². The van der Waals surface area contributed by atoms with Crippen LogP contribution in [0.3, 0.4) is 0 Å². The predicted molar refractivity (Wildman–Crippen MR) is 109 cm³/mol. The van der Waals surface area contributed by atoms with Crippen LogP contribution in [0.15, 0.2) is 48.5 Å². The zero-order valence-electron chi connectivity index (χ0n) is 16.8. The number of hydrogen-bond acceptors (Lipinski definition) is 4. The summed E-state index contributed by atoms with van der Waals surface area (Å²) in [5.41, 5.74) is 2.39. The second-order valence-corrected chi connectivity index (χ2v) is 7.15. The van der Waals surface area contributed by atoms with Crippen LogP contribution in [0.4, 0.5) is 10.2 Å². The highest BCUT2D eigenvalue weighted by atomic mass is 19.1. The van der Waals surface area contributed by atoms with Crippen molar-refractivity contribution in [2.45, 2.75) is 18.9 Å². The third-order valence-electron chi connectivity index (χ3n) is 5.29. The summed E-state index contributed by atoms with van der Waals surface area (Å²) in [5.74, 6) is -1.31. The third-order valence-corrected chi connectivity index (χ3v) is 5.29. The molecule has 7 nitrogen and oxygen atoms in total. The Morgan fingerprint density at radius 2 is 1.97 bits per heavy atom. The van der Waals surface area contributed by atoms with Crippen LogP contribution in [-0.4, -0.2) is 34.7 Å². The van der Waals surface area contributed by atoms with Gasteiger partial charge in [0, 0.05) is 24.1 Å². The van der Waals surface area contributed by atoms with Crippen molar-refractivity contribution in [1.29, 1.82) is 0 Å². The largest absolute Gasteiger partial charge is 0.494 e. The Kier molecular flexibility index (Phi) is 4.99. The Bertz CT molecular complexity index is 1130. The van der Waals surface area contributed by atoms with Crippen molar-refractivity contribution in [2.75, 3.05) is 12.4 Å². The highest BCUT2D eigenvalue weighted by Gasteiger charge is 2.41. The Labute approximate surface area is 172 Å². The minimum atomic E-state index is -0.944. The second-order valence-electron chi connectivity index (χ2n) is 7.15. The summed E-state index contributed by atoms with van der Waals surface area (Å²) in [6, 6.07) is 12.2. The zero-order chi connectivity index (χ0) is 21.4. The summed E-state index contributed by atoms with van der Waals surface area (Å²) in [7, 11) is 3.11. The van der Waals surface area contributed by atoms with E-state index >= 15 is 0 Å². The van der Waals surface area contributed by atoms with Crippen LogP contribution in [0.1, 0.15) is 33.1 Å². The minimum absolute atomic E-state index is 0.104. The number of aryl methyl sites for hydroxylation is 2. The molecule has 0 spiro atoms. The molecule has 4 rings (SSSR count). The molecule has 8 heteroatoms. The number of amides is 2. The van der Waals surface area contributed by atoms with Crippen molar-refractivity contribution in [1.82, 2.24) is 15.1 Å². The molecule has 0 aliphatic carbocycles. The average Bonchev–Trinajstić information content (AvgIpc) is 3.02. The van der Waals surface area contributed by atoms with Crippen LogP contribution in [0, 0.1) is 12.7 Å². The average molecular weight is 408 g/mol.